The highest BCUT2D eigenvalue weighted by molar-refractivity contribution is 5.85. The van der Waals surface area contributed by atoms with Gasteiger partial charge in [0.1, 0.15) is 18.0 Å². The average Bonchev–Trinajstić information content (AvgIpc) is 2.46. The van der Waals surface area contributed by atoms with Gasteiger partial charge in [-0.1, -0.05) is 19.1 Å². The topological polar surface area (TPSA) is 66.6 Å². The van der Waals surface area contributed by atoms with Crippen LogP contribution in [0.3, 0.4) is 0 Å². The van der Waals surface area contributed by atoms with Crippen molar-refractivity contribution in [3.05, 3.63) is 35.6 Å². The quantitative estimate of drug-likeness (QED) is 0.894. The number of aliphatic hydroxyl groups is 1. The van der Waals surface area contributed by atoms with Crippen molar-refractivity contribution in [1.82, 2.24) is 4.90 Å². The fourth-order valence-electron chi connectivity index (χ4n) is 2.44. The van der Waals surface area contributed by atoms with E-state index >= 15 is 0 Å². The van der Waals surface area contributed by atoms with Crippen LogP contribution in [0.2, 0.25) is 0 Å². The first-order valence-electron chi connectivity index (χ1n) is 6.97. The lowest BCUT2D eigenvalue weighted by Crippen LogP contribution is -2.49. The Morgan fingerprint density at radius 2 is 1.86 bits per heavy atom. The number of aliphatic hydroxyl groups excluding tert-OH is 1. The molecule has 1 aromatic rings. The third kappa shape index (κ3) is 4.40. The number of halogens is 2. The molecular formula is C15H22ClFN2O2. The van der Waals surface area contributed by atoms with Crippen molar-refractivity contribution in [2.45, 2.75) is 31.9 Å². The summed E-state index contributed by atoms with van der Waals surface area (Å²) in [7, 11) is 0. The van der Waals surface area contributed by atoms with Crippen LogP contribution < -0.4 is 5.73 Å². The van der Waals surface area contributed by atoms with Crippen molar-refractivity contribution in [3.63, 3.8) is 0 Å². The van der Waals surface area contributed by atoms with Gasteiger partial charge in [-0.15, -0.1) is 12.4 Å². The second-order valence-corrected chi connectivity index (χ2v) is 5.53. The summed E-state index contributed by atoms with van der Waals surface area (Å²) in [6.07, 6.45) is 0.818. The Kier molecular flexibility index (Phi) is 6.58. The van der Waals surface area contributed by atoms with Crippen LogP contribution in [-0.4, -0.2) is 35.0 Å². The van der Waals surface area contributed by atoms with Gasteiger partial charge < -0.3 is 15.7 Å². The van der Waals surface area contributed by atoms with Gasteiger partial charge in [-0.05, 0) is 36.5 Å². The number of nitrogens with two attached hydrogens (primary N) is 1. The summed E-state index contributed by atoms with van der Waals surface area (Å²) in [5.74, 6) is -0.00288. The summed E-state index contributed by atoms with van der Waals surface area (Å²) in [6, 6.07) is 4.39. The molecule has 1 aromatic carbocycles. The van der Waals surface area contributed by atoms with Gasteiger partial charge in [-0.3, -0.25) is 4.79 Å². The largest absolute Gasteiger partial charge is 0.386 e. The summed E-state index contributed by atoms with van der Waals surface area (Å²) < 4.78 is 12.8. The summed E-state index contributed by atoms with van der Waals surface area (Å²) in [5.41, 5.74) is 6.32. The van der Waals surface area contributed by atoms with Crippen molar-refractivity contribution < 1.29 is 14.3 Å². The summed E-state index contributed by atoms with van der Waals surface area (Å²) in [5, 5.41) is 10.1. The number of carbonyl (C=O) groups is 1. The molecule has 3 N–H and O–H groups in total. The van der Waals surface area contributed by atoms with E-state index in [2.05, 4.69) is 6.92 Å². The lowest BCUT2D eigenvalue weighted by atomic mass is 9.97. The number of hydrogen-bond donors (Lipinski definition) is 2. The van der Waals surface area contributed by atoms with Gasteiger partial charge in [0.25, 0.3) is 0 Å². The average molecular weight is 317 g/mol. The molecule has 1 aliphatic heterocycles. The van der Waals surface area contributed by atoms with E-state index < -0.39 is 12.1 Å². The number of rotatable bonds is 3. The van der Waals surface area contributed by atoms with Gasteiger partial charge in [0.2, 0.25) is 5.91 Å². The Bertz CT molecular complexity index is 461. The molecule has 0 aromatic heterocycles. The number of nitrogens with zero attached hydrogens (tertiary/aromatic N) is 1. The van der Waals surface area contributed by atoms with Crippen molar-refractivity contribution in [2.75, 3.05) is 13.1 Å². The van der Waals surface area contributed by atoms with Crippen LogP contribution in [0.25, 0.3) is 0 Å². The van der Waals surface area contributed by atoms with Crippen molar-refractivity contribution >= 4 is 18.3 Å². The van der Waals surface area contributed by atoms with Crippen LogP contribution in [0, 0.1) is 11.7 Å². The van der Waals surface area contributed by atoms with E-state index in [0.29, 0.717) is 24.6 Å². The molecule has 0 unspecified atom stereocenters. The van der Waals surface area contributed by atoms with Gasteiger partial charge in [0.05, 0.1) is 0 Å². The van der Waals surface area contributed by atoms with Gasteiger partial charge >= 0.3 is 0 Å². The summed E-state index contributed by atoms with van der Waals surface area (Å²) >= 11 is 0. The molecule has 1 saturated heterocycles. The fraction of sp³-hybridized carbons (Fsp3) is 0.533. The van der Waals surface area contributed by atoms with E-state index in [4.69, 9.17) is 5.73 Å². The first-order chi connectivity index (χ1) is 9.49. The molecule has 0 saturated carbocycles. The number of piperidine rings is 1. The highest BCUT2D eigenvalue weighted by atomic mass is 35.5. The molecule has 2 rings (SSSR count). The van der Waals surface area contributed by atoms with Crippen LogP contribution in [0.5, 0.6) is 0 Å². The standard InChI is InChI=1S/C15H21FN2O2.ClH/c1-10-6-8-18(9-7-10)15(20)13(17)14(19)11-2-4-12(16)5-3-11;/h2-5,10,13-14,19H,6-9,17H2,1H3;1H/t13-,14+;/m1./s1. The van der Waals surface area contributed by atoms with E-state index in [0.717, 1.165) is 12.8 Å². The van der Waals surface area contributed by atoms with Gasteiger partial charge in [-0.2, -0.15) is 0 Å². The van der Waals surface area contributed by atoms with Gasteiger partial charge in [0, 0.05) is 13.1 Å². The molecule has 6 heteroatoms. The Balaban J connectivity index is 0.00000220. The molecule has 0 bridgehead atoms. The highest BCUT2D eigenvalue weighted by Gasteiger charge is 2.30. The second-order valence-electron chi connectivity index (χ2n) is 5.53. The predicted octanol–water partition coefficient (Wildman–Crippen LogP) is 1.87. The van der Waals surface area contributed by atoms with Crippen molar-refractivity contribution in [1.29, 1.82) is 0 Å². The lowest BCUT2D eigenvalue weighted by molar-refractivity contribution is -0.136. The highest BCUT2D eigenvalue weighted by Crippen LogP contribution is 2.21. The smallest absolute Gasteiger partial charge is 0.242 e. The van der Waals surface area contributed by atoms with Gasteiger partial charge in [0.15, 0.2) is 0 Å². The zero-order valence-corrected chi connectivity index (χ0v) is 12.9. The second kappa shape index (κ2) is 7.73. The van der Waals surface area contributed by atoms with Crippen molar-refractivity contribution in [3.8, 4) is 0 Å². The van der Waals surface area contributed by atoms with Crippen LogP contribution in [0.1, 0.15) is 31.4 Å². The maximum Gasteiger partial charge on any atom is 0.242 e. The summed E-state index contributed by atoms with van der Waals surface area (Å²) in [6.45, 7) is 3.53. The third-order valence-electron chi connectivity index (χ3n) is 3.93. The molecule has 1 heterocycles. The summed E-state index contributed by atoms with van der Waals surface area (Å²) in [4.78, 5) is 14.0. The molecule has 1 aliphatic rings. The lowest BCUT2D eigenvalue weighted by Gasteiger charge is -2.33. The number of carbonyl (C=O) groups excluding carboxylic acids is 1. The maximum absolute atomic E-state index is 12.8. The Hall–Kier alpha value is -1.17. The molecule has 0 spiro atoms. The zero-order valence-electron chi connectivity index (χ0n) is 12.0. The molecular weight excluding hydrogens is 295 g/mol. The van der Waals surface area contributed by atoms with E-state index in [1.54, 1.807) is 4.90 Å². The minimum atomic E-state index is -1.11. The van der Waals surface area contributed by atoms with Crippen molar-refractivity contribution in [2.24, 2.45) is 11.7 Å². The van der Waals surface area contributed by atoms with Crippen LogP contribution in [-0.2, 0) is 4.79 Å². The van der Waals surface area contributed by atoms with Gasteiger partial charge in [-0.25, -0.2) is 4.39 Å². The molecule has 0 aliphatic carbocycles. The number of benzene rings is 1. The maximum atomic E-state index is 12.8. The van der Waals surface area contributed by atoms with Crippen LogP contribution in [0.4, 0.5) is 4.39 Å². The minimum Gasteiger partial charge on any atom is -0.386 e. The first-order valence-corrected chi connectivity index (χ1v) is 6.97. The molecule has 2 atom stereocenters. The molecule has 4 nitrogen and oxygen atoms in total. The van der Waals surface area contributed by atoms with E-state index in [-0.39, 0.29) is 24.1 Å². The predicted molar refractivity (Wildman–Crippen MR) is 81.6 cm³/mol. The molecule has 0 radical (unpaired) electrons. The zero-order chi connectivity index (χ0) is 14.7. The van der Waals surface area contributed by atoms with E-state index in [1.807, 2.05) is 0 Å². The molecule has 1 amide bonds. The Labute approximate surface area is 130 Å². The number of amides is 1. The SMILES string of the molecule is CC1CCN(C(=O)[C@H](N)[C@@H](O)c2ccc(F)cc2)CC1.Cl. The van der Waals surface area contributed by atoms with E-state index in [1.165, 1.54) is 24.3 Å². The molecule has 1 fully saturated rings. The molecule has 118 valence electrons. The first kappa shape index (κ1) is 17.9. The Morgan fingerprint density at radius 3 is 2.38 bits per heavy atom. The number of likely N-dealkylation sites (tertiary alicyclic amines) is 1. The monoisotopic (exact) mass is 316 g/mol. The fourth-order valence-corrected chi connectivity index (χ4v) is 2.44. The minimum absolute atomic E-state index is 0. The molecule has 21 heavy (non-hydrogen) atoms. The Morgan fingerprint density at radius 1 is 1.33 bits per heavy atom. The third-order valence-corrected chi connectivity index (χ3v) is 3.93. The normalized spacial score (nSPS) is 18.8. The van der Waals surface area contributed by atoms with Crippen LogP contribution >= 0.6 is 12.4 Å². The van der Waals surface area contributed by atoms with Crippen LogP contribution in [0.15, 0.2) is 24.3 Å². The number of hydrogen-bond acceptors (Lipinski definition) is 3. The van der Waals surface area contributed by atoms with E-state index in [9.17, 15) is 14.3 Å².